The van der Waals surface area contributed by atoms with Gasteiger partial charge in [-0.05, 0) is 32.4 Å². The molecule has 2 aromatic carbocycles. The van der Waals surface area contributed by atoms with Gasteiger partial charge in [-0.2, -0.15) is 0 Å². The zero-order valence-electron chi connectivity index (χ0n) is 16.5. The number of nitrogens with zero attached hydrogens (tertiary/aromatic N) is 2. The van der Waals surface area contributed by atoms with E-state index >= 15 is 0 Å². The second-order valence-corrected chi connectivity index (χ2v) is 8.20. The molecule has 146 valence electrons. The van der Waals surface area contributed by atoms with Gasteiger partial charge in [0.1, 0.15) is 11.9 Å². The molecule has 1 aromatic heterocycles. The van der Waals surface area contributed by atoms with E-state index in [9.17, 15) is 9.18 Å². The highest BCUT2D eigenvalue weighted by Crippen LogP contribution is 2.54. The molecule has 3 aromatic rings. The van der Waals surface area contributed by atoms with E-state index in [1.54, 1.807) is 11.8 Å². The second kappa shape index (κ2) is 7.63. The quantitative estimate of drug-likeness (QED) is 0.562. The topological polar surface area (TPSA) is 25.2 Å². The number of amides is 1. The monoisotopic (exact) mass is 395 g/mol. The number of aryl methyl sites for hydroxylation is 2. The fourth-order valence-electron chi connectivity index (χ4n) is 4.25. The number of benzene rings is 2. The number of alkyl halides is 1. The molecule has 1 amide bonds. The summed E-state index contributed by atoms with van der Waals surface area (Å²) in [6.45, 7) is 7.34. The third-order valence-electron chi connectivity index (χ3n) is 5.58. The Balaban J connectivity index is 2.05. The van der Waals surface area contributed by atoms with Crippen LogP contribution in [0.2, 0.25) is 0 Å². The van der Waals surface area contributed by atoms with Gasteiger partial charge in [-0.3, -0.25) is 4.79 Å². The summed E-state index contributed by atoms with van der Waals surface area (Å²) in [5, 5.41) is 0.741. The predicted molar refractivity (Wildman–Crippen MR) is 115 cm³/mol. The molecule has 0 radical (unpaired) electrons. The molecule has 0 fully saturated rings. The van der Waals surface area contributed by atoms with Gasteiger partial charge in [0.25, 0.3) is 0 Å². The molecule has 1 aliphatic heterocycles. The highest BCUT2D eigenvalue weighted by molar-refractivity contribution is 8.00. The van der Waals surface area contributed by atoms with Gasteiger partial charge in [0.2, 0.25) is 5.91 Å². The van der Waals surface area contributed by atoms with Crippen molar-refractivity contribution in [1.29, 1.82) is 0 Å². The van der Waals surface area contributed by atoms with Crippen LogP contribution in [-0.2, 0) is 11.3 Å². The molecule has 1 aliphatic rings. The van der Waals surface area contributed by atoms with Crippen molar-refractivity contribution in [3.8, 4) is 11.3 Å². The molecule has 5 heteroatoms. The molecule has 1 atom stereocenters. The number of rotatable bonds is 5. The fraction of sp³-hybridized carbons (Fsp3) is 0.348. The first-order valence-electron chi connectivity index (χ1n) is 9.84. The first kappa shape index (κ1) is 19.1. The van der Waals surface area contributed by atoms with Crippen LogP contribution >= 0.6 is 11.8 Å². The Kier molecular flexibility index (Phi) is 5.19. The van der Waals surface area contributed by atoms with Crippen molar-refractivity contribution in [1.82, 2.24) is 9.47 Å². The van der Waals surface area contributed by atoms with E-state index in [-0.39, 0.29) is 11.2 Å². The van der Waals surface area contributed by atoms with Crippen LogP contribution in [0.3, 0.4) is 0 Å². The Labute approximate surface area is 169 Å². The van der Waals surface area contributed by atoms with Gasteiger partial charge in [-0.1, -0.05) is 36.4 Å². The van der Waals surface area contributed by atoms with Gasteiger partial charge in [-0.15, -0.1) is 11.8 Å². The first-order valence-corrected chi connectivity index (χ1v) is 10.7. The van der Waals surface area contributed by atoms with E-state index in [2.05, 4.69) is 29.7 Å². The third kappa shape index (κ3) is 2.84. The Morgan fingerprint density at radius 2 is 1.89 bits per heavy atom. The number of halogens is 1. The average Bonchev–Trinajstić information content (AvgIpc) is 3.04. The van der Waals surface area contributed by atoms with Crippen LogP contribution in [0, 0.1) is 6.92 Å². The molecule has 0 N–H and O–H groups in total. The zero-order chi connectivity index (χ0) is 19.8. The second-order valence-electron chi connectivity index (χ2n) is 7.08. The number of fused-ring (bicyclic) bond motifs is 5. The summed E-state index contributed by atoms with van der Waals surface area (Å²) < 4.78 is 15.6. The van der Waals surface area contributed by atoms with Crippen molar-refractivity contribution >= 4 is 28.6 Å². The zero-order valence-corrected chi connectivity index (χ0v) is 17.4. The summed E-state index contributed by atoms with van der Waals surface area (Å²) in [7, 11) is 0. The van der Waals surface area contributed by atoms with Crippen molar-refractivity contribution in [3.05, 3.63) is 53.6 Å². The fourth-order valence-corrected chi connectivity index (χ4v) is 5.64. The third-order valence-corrected chi connectivity index (χ3v) is 7.03. The van der Waals surface area contributed by atoms with Gasteiger partial charge in [0.15, 0.2) is 0 Å². The minimum Gasteiger partial charge on any atom is -0.342 e. The van der Waals surface area contributed by atoms with Crippen LogP contribution in [0.1, 0.15) is 30.2 Å². The van der Waals surface area contributed by atoms with Crippen LogP contribution < -0.4 is 0 Å². The number of hydrogen-bond donors (Lipinski definition) is 0. The van der Waals surface area contributed by atoms with Crippen molar-refractivity contribution < 1.29 is 9.18 Å². The smallest absolute Gasteiger partial charge is 0.240 e. The maximum atomic E-state index is 13.5. The first-order chi connectivity index (χ1) is 13.6. The lowest BCUT2D eigenvalue weighted by molar-refractivity contribution is -0.130. The standard InChI is InChI=1S/C23H25FN2OS/c1-4-25(5-2)23(27)22-19-16-10-6-7-12-18(16)26(14-13-24)20(19)17-11-8-9-15(3)21(17)28-22/h6-12,22H,4-5,13-14H2,1-3H3/i24-1. The summed E-state index contributed by atoms with van der Waals surface area (Å²) in [5.74, 6) is 0.133. The molecule has 0 bridgehead atoms. The minimum atomic E-state index is -0.436. The van der Waals surface area contributed by atoms with E-state index in [0.717, 1.165) is 38.2 Å². The Bertz CT molecular complexity index is 1040. The van der Waals surface area contributed by atoms with Crippen LogP contribution in [0.5, 0.6) is 0 Å². The molecule has 0 aliphatic carbocycles. The van der Waals surface area contributed by atoms with E-state index in [1.165, 1.54) is 0 Å². The summed E-state index contributed by atoms with van der Waals surface area (Å²) in [6, 6.07) is 14.3. The SMILES string of the molecule is CCN(CC)C(=O)C1Sc2c(C)cccc2-c2c1c1ccccc1n2CC[18F]. The lowest BCUT2D eigenvalue weighted by Crippen LogP contribution is -2.34. The van der Waals surface area contributed by atoms with Crippen LogP contribution in [0.15, 0.2) is 47.4 Å². The van der Waals surface area contributed by atoms with Crippen molar-refractivity contribution in [2.75, 3.05) is 19.8 Å². The minimum absolute atomic E-state index is 0.133. The van der Waals surface area contributed by atoms with Crippen LogP contribution in [0.25, 0.3) is 22.2 Å². The summed E-state index contributed by atoms with van der Waals surface area (Å²) >= 11 is 1.64. The summed E-state index contributed by atoms with van der Waals surface area (Å²) in [4.78, 5) is 16.5. The maximum absolute atomic E-state index is 13.5. The summed E-state index contributed by atoms with van der Waals surface area (Å²) in [6.07, 6.45) is 0. The molecule has 3 nitrogen and oxygen atoms in total. The van der Waals surface area contributed by atoms with Gasteiger partial charge < -0.3 is 9.47 Å². The lowest BCUT2D eigenvalue weighted by atomic mass is 9.99. The number of thioether (sulfide) groups is 1. The van der Waals surface area contributed by atoms with Crippen LogP contribution in [0.4, 0.5) is 4.39 Å². The molecule has 28 heavy (non-hydrogen) atoms. The number of aromatic nitrogens is 1. The lowest BCUT2D eigenvalue weighted by Gasteiger charge is -2.30. The molecular weight excluding hydrogens is 370 g/mol. The van der Waals surface area contributed by atoms with Crippen LogP contribution in [-0.4, -0.2) is 35.1 Å². The van der Waals surface area contributed by atoms with Crippen molar-refractivity contribution in [2.24, 2.45) is 0 Å². The van der Waals surface area contributed by atoms with Gasteiger partial charge in [0.05, 0.1) is 12.2 Å². The van der Waals surface area contributed by atoms with E-state index in [0.29, 0.717) is 19.6 Å². The summed E-state index contributed by atoms with van der Waals surface area (Å²) in [5.41, 5.74) is 5.29. The Morgan fingerprint density at radius 1 is 1.14 bits per heavy atom. The van der Waals surface area contributed by atoms with E-state index in [1.807, 2.05) is 43.0 Å². The largest absolute Gasteiger partial charge is 0.342 e. The highest BCUT2D eigenvalue weighted by atomic mass is 32.2. The number of hydrogen-bond acceptors (Lipinski definition) is 2. The normalized spacial score (nSPS) is 15.4. The highest BCUT2D eigenvalue weighted by Gasteiger charge is 2.37. The Hall–Kier alpha value is -2.27. The maximum Gasteiger partial charge on any atom is 0.240 e. The molecule has 0 saturated heterocycles. The van der Waals surface area contributed by atoms with E-state index in [4.69, 9.17) is 0 Å². The Morgan fingerprint density at radius 3 is 2.61 bits per heavy atom. The van der Waals surface area contributed by atoms with Crippen molar-refractivity contribution in [2.45, 2.75) is 37.5 Å². The number of carbonyl (C=O) groups excluding carboxylic acids is 1. The number of carbonyl (C=O) groups is 1. The molecule has 0 saturated carbocycles. The van der Waals surface area contributed by atoms with Crippen molar-refractivity contribution in [3.63, 3.8) is 0 Å². The van der Waals surface area contributed by atoms with E-state index < -0.39 is 6.67 Å². The molecule has 4 rings (SSSR count). The molecular formula is C23H25FN2OS. The van der Waals surface area contributed by atoms with Gasteiger partial charge in [-0.25, -0.2) is 4.39 Å². The molecule has 2 heterocycles. The molecule has 1 unspecified atom stereocenters. The number of para-hydroxylation sites is 1. The van der Waals surface area contributed by atoms with Gasteiger partial charge >= 0.3 is 0 Å². The number of likely N-dealkylation sites (N-methyl/N-ethyl adjacent to an activating group) is 1. The predicted octanol–water partition coefficient (Wildman–Crippen LogP) is 5.60. The average molecular weight is 396 g/mol. The molecule has 0 spiro atoms. The van der Waals surface area contributed by atoms with Gasteiger partial charge in [0, 0.05) is 40.0 Å².